The summed E-state index contributed by atoms with van der Waals surface area (Å²) in [6.45, 7) is 9.82. The van der Waals surface area contributed by atoms with Crippen molar-refractivity contribution in [1.82, 2.24) is 0 Å². The van der Waals surface area contributed by atoms with Crippen molar-refractivity contribution in [1.29, 1.82) is 0 Å². The fourth-order valence-electron chi connectivity index (χ4n) is 1.18. The molecule has 0 aliphatic carbocycles. The van der Waals surface area contributed by atoms with Crippen LogP contribution in [0, 0.1) is 17.8 Å². The van der Waals surface area contributed by atoms with E-state index < -0.39 is 0 Å². The Morgan fingerprint density at radius 2 is 1.64 bits per heavy atom. The first-order chi connectivity index (χ1) is 6.40. The van der Waals surface area contributed by atoms with Gasteiger partial charge in [-0.15, -0.1) is 0 Å². The Kier molecular flexibility index (Phi) is 5.40. The highest BCUT2D eigenvalue weighted by atomic mass is 16.1. The van der Waals surface area contributed by atoms with E-state index in [1.54, 1.807) is 5.94 Å². The van der Waals surface area contributed by atoms with Gasteiger partial charge < -0.3 is 0 Å². The monoisotopic (exact) mass is 196 g/mol. The zero-order valence-corrected chi connectivity index (χ0v) is 9.76. The maximum atomic E-state index is 11.8. The molecule has 0 N–H and O–H groups in total. The standard InChI is InChI=1S/C12H20O2/c1-8(2)6-11(7-13)12(14)10(5)9(3)4/h8-10H,6H2,1-5H3. The lowest BCUT2D eigenvalue weighted by atomic mass is 9.87. The van der Waals surface area contributed by atoms with Crippen LogP contribution in [0.3, 0.4) is 0 Å². The van der Waals surface area contributed by atoms with Gasteiger partial charge in [0.1, 0.15) is 5.94 Å². The number of carbonyl (C=O) groups excluding carboxylic acids is 2. The molecule has 0 heterocycles. The summed E-state index contributed by atoms with van der Waals surface area (Å²) < 4.78 is 0. The number of ketones is 1. The molecule has 1 atom stereocenters. The minimum Gasteiger partial charge on any atom is -0.293 e. The minimum atomic E-state index is -0.0785. The van der Waals surface area contributed by atoms with Gasteiger partial charge in [0.15, 0.2) is 5.78 Å². The third kappa shape index (κ3) is 3.89. The molecule has 0 radical (unpaired) electrons. The van der Waals surface area contributed by atoms with Gasteiger partial charge in [0, 0.05) is 5.92 Å². The predicted octanol–water partition coefficient (Wildman–Crippen LogP) is 2.65. The average Bonchev–Trinajstić information content (AvgIpc) is 2.11. The van der Waals surface area contributed by atoms with Crippen molar-refractivity contribution in [3.05, 3.63) is 5.57 Å². The second-order valence-corrected chi connectivity index (χ2v) is 4.58. The van der Waals surface area contributed by atoms with E-state index in [9.17, 15) is 9.59 Å². The van der Waals surface area contributed by atoms with Gasteiger partial charge in [0.05, 0.1) is 5.57 Å². The van der Waals surface area contributed by atoms with Crippen LogP contribution in [0.1, 0.15) is 41.0 Å². The molecule has 0 fully saturated rings. The molecular weight excluding hydrogens is 176 g/mol. The van der Waals surface area contributed by atoms with E-state index in [1.807, 2.05) is 34.6 Å². The van der Waals surface area contributed by atoms with Crippen molar-refractivity contribution in [3.8, 4) is 0 Å². The molecule has 2 nitrogen and oxygen atoms in total. The van der Waals surface area contributed by atoms with Crippen LogP contribution in [-0.4, -0.2) is 11.7 Å². The molecule has 1 unspecified atom stereocenters. The summed E-state index contributed by atoms with van der Waals surface area (Å²) in [4.78, 5) is 22.4. The van der Waals surface area contributed by atoms with Gasteiger partial charge in [-0.25, -0.2) is 4.79 Å². The molecule has 2 heteroatoms. The Morgan fingerprint density at radius 1 is 1.14 bits per heavy atom. The Hall–Kier alpha value is -0.880. The highest BCUT2D eigenvalue weighted by Crippen LogP contribution is 2.18. The van der Waals surface area contributed by atoms with E-state index in [2.05, 4.69) is 0 Å². The Balaban J connectivity index is 4.57. The smallest absolute Gasteiger partial charge is 0.172 e. The summed E-state index contributed by atoms with van der Waals surface area (Å²) in [6, 6.07) is 0. The van der Waals surface area contributed by atoms with Gasteiger partial charge in [-0.1, -0.05) is 34.6 Å². The summed E-state index contributed by atoms with van der Waals surface area (Å²) in [5.74, 6) is 2.27. The third-order valence-corrected chi connectivity index (χ3v) is 2.45. The van der Waals surface area contributed by atoms with Crippen LogP contribution >= 0.6 is 0 Å². The van der Waals surface area contributed by atoms with E-state index >= 15 is 0 Å². The van der Waals surface area contributed by atoms with Gasteiger partial charge in [-0.2, -0.15) is 0 Å². The number of rotatable bonds is 5. The van der Waals surface area contributed by atoms with Crippen LogP contribution in [-0.2, 0) is 9.59 Å². The van der Waals surface area contributed by atoms with Crippen molar-refractivity contribution in [2.45, 2.75) is 41.0 Å². The van der Waals surface area contributed by atoms with Crippen LogP contribution in [0.5, 0.6) is 0 Å². The molecule has 14 heavy (non-hydrogen) atoms. The van der Waals surface area contributed by atoms with Crippen LogP contribution in [0.4, 0.5) is 0 Å². The lowest BCUT2D eigenvalue weighted by molar-refractivity contribution is -0.119. The largest absolute Gasteiger partial charge is 0.293 e. The second-order valence-electron chi connectivity index (χ2n) is 4.58. The van der Waals surface area contributed by atoms with Crippen molar-refractivity contribution in [2.75, 3.05) is 0 Å². The Bertz CT molecular complexity index is 245. The maximum absolute atomic E-state index is 11.8. The normalized spacial score (nSPS) is 12.8. The van der Waals surface area contributed by atoms with Crippen LogP contribution < -0.4 is 0 Å². The molecule has 0 saturated carbocycles. The molecule has 0 aromatic heterocycles. The van der Waals surface area contributed by atoms with E-state index in [4.69, 9.17) is 0 Å². The van der Waals surface area contributed by atoms with Crippen molar-refractivity contribution in [2.24, 2.45) is 17.8 Å². The summed E-state index contributed by atoms with van der Waals surface area (Å²) in [6.07, 6.45) is 0.541. The number of carbonyl (C=O) groups is 1. The average molecular weight is 196 g/mol. The van der Waals surface area contributed by atoms with Crippen molar-refractivity contribution >= 4 is 11.7 Å². The molecule has 0 aliphatic rings. The van der Waals surface area contributed by atoms with Gasteiger partial charge in [-0.05, 0) is 18.3 Å². The topological polar surface area (TPSA) is 34.1 Å². The number of hydrogen-bond acceptors (Lipinski definition) is 2. The number of Topliss-reactive ketones (excluding diaryl/α,β-unsaturated/α-hetero) is 1. The second kappa shape index (κ2) is 5.77. The minimum absolute atomic E-state index is 0.0382. The molecule has 80 valence electrons. The molecular formula is C12H20O2. The SMILES string of the molecule is CC(C)CC(=C=O)C(=O)C(C)C(C)C. The molecule has 0 aromatic carbocycles. The van der Waals surface area contributed by atoms with Gasteiger partial charge in [0.25, 0.3) is 0 Å². The third-order valence-electron chi connectivity index (χ3n) is 2.45. The van der Waals surface area contributed by atoms with E-state index in [-0.39, 0.29) is 17.6 Å². The number of allylic oxidation sites excluding steroid dienone is 1. The van der Waals surface area contributed by atoms with Gasteiger partial charge in [-0.3, -0.25) is 4.79 Å². The highest BCUT2D eigenvalue weighted by molar-refractivity contribution is 6.03. The zero-order valence-electron chi connectivity index (χ0n) is 9.76. The molecule has 0 amide bonds. The fourth-order valence-corrected chi connectivity index (χ4v) is 1.18. The van der Waals surface area contributed by atoms with E-state index in [0.717, 1.165) is 0 Å². The predicted molar refractivity (Wildman–Crippen MR) is 57.7 cm³/mol. The Morgan fingerprint density at radius 3 is 1.93 bits per heavy atom. The maximum Gasteiger partial charge on any atom is 0.172 e. The first-order valence-corrected chi connectivity index (χ1v) is 5.18. The summed E-state index contributed by atoms with van der Waals surface area (Å²) in [5, 5.41) is 0. The zero-order chi connectivity index (χ0) is 11.3. The molecule has 0 aromatic rings. The summed E-state index contributed by atoms with van der Waals surface area (Å²) in [5.41, 5.74) is 0.321. The lowest BCUT2D eigenvalue weighted by Gasteiger charge is -2.15. The van der Waals surface area contributed by atoms with Crippen LogP contribution in [0.2, 0.25) is 0 Å². The van der Waals surface area contributed by atoms with Crippen LogP contribution in [0.15, 0.2) is 5.57 Å². The highest BCUT2D eigenvalue weighted by Gasteiger charge is 2.21. The molecule has 0 spiro atoms. The molecule has 0 rings (SSSR count). The molecule has 0 saturated heterocycles. The fraction of sp³-hybridized carbons (Fsp3) is 0.750. The van der Waals surface area contributed by atoms with E-state index in [0.29, 0.717) is 17.9 Å². The van der Waals surface area contributed by atoms with Gasteiger partial charge in [0.2, 0.25) is 0 Å². The number of hydrogen-bond donors (Lipinski definition) is 0. The molecule has 0 bridgehead atoms. The molecule has 0 aliphatic heterocycles. The summed E-state index contributed by atoms with van der Waals surface area (Å²) in [7, 11) is 0. The first kappa shape index (κ1) is 13.1. The van der Waals surface area contributed by atoms with Gasteiger partial charge >= 0.3 is 0 Å². The quantitative estimate of drug-likeness (QED) is 0.500. The van der Waals surface area contributed by atoms with Crippen molar-refractivity contribution in [3.63, 3.8) is 0 Å². The Labute approximate surface area is 86.4 Å². The van der Waals surface area contributed by atoms with Crippen molar-refractivity contribution < 1.29 is 9.59 Å². The summed E-state index contributed by atoms with van der Waals surface area (Å²) >= 11 is 0. The first-order valence-electron chi connectivity index (χ1n) is 5.18. The lowest BCUT2D eigenvalue weighted by Crippen LogP contribution is -2.20. The van der Waals surface area contributed by atoms with Crippen LogP contribution in [0.25, 0.3) is 0 Å². The van der Waals surface area contributed by atoms with E-state index in [1.165, 1.54) is 0 Å².